The van der Waals surface area contributed by atoms with Crippen molar-refractivity contribution in [2.75, 3.05) is 13.2 Å². The zero-order valence-electron chi connectivity index (χ0n) is 19.1. The maximum Gasteiger partial charge on any atom is 0.261 e. The van der Waals surface area contributed by atoms with Crippen LogP contribution in [0.25, 0.3) is 10.8 Å². The number of nitrogens with zero attached hydrogens (tertiary/aromatic N) is 1. The Morgan fingerprint density at radius 3 is 2.34 bits per heavy atom. The van der Waals surface area contributed by atoms with Crippen molar-refractivity contribution in [1.29, 1.82) is 0 Å². The highest BCUT2D eigenvalue weighted by molar-refractivity contribution is 5.90. The van der Waals surface area contributed by atoms with Crippen LogP contribution in [-0.4, -0.2) is 35.9 Å². The SMILES string of the molecule is CC[C@@H](C(=O)NCC(C)C)N(Cc1ccccc1)C(=O)COc1cccc2ccccc12. The van der Waals surface area contributed by atoms with E-state index in [4.69, 9.17) is 4.74 Å². The van der Waals surface area contributed by atoms with Crippen molar-refractivity contribution < 1.29 is 14.3 Å². The average Bonchev–Trinajstić information content (AvgIpc) is 2.81. The Bertz CT molecular complexity index is 1030. The normalized spacial score (nSPS) is 11.9. The maximum absolute atomic E-state index is 13.3. The molecule has 0 aliphatic heterocycles. The molecule has 3 aromatic carbocycles. The van der Waals surface area contributed by atoms with Crippen LogP contribution in [0.2, 0.25) is 0 Å². The molecule has 0 aromatic heterocycles. The molecule has 3 aromatic rings. The van der Waals surface area contributed by atoms with Crippen molar-refractivity contribution in [1.82, 2.24) is 10.2 Å². The molecule has 0 saturated heterocycles. The fourth-order valence-electron chi connectivity index (χ4n) is 3.67. The molecule has 0 radical (unpaired) electrons. The molecule has 0 saturated carbocycles. The van der Waals surface area contributed by atoms with Crippen LogP contribution in [0.15, 0.2) is 72.8 Å². The van der Waals surface area contributed by atoms with Crippen molar-refractivity contribution in [3.05, 3.63) is 78.4 Å². The van der Waals surface area contributed by atoms with Crippen LogP contribution < -0.4 is 10.1 Å². The summed E-state index contributed by atoms with van der Waals surface area (Å²) in [5, 5.41) is 4.99. The lowest BCUT2D eigenvalue weighted by Gasteiger charge is -2.31. The van der Waals surface area contributed by atoms with Crippen LogP contribution in [0.1, 0.15) is 32.8 Å². The average molecular weight is 433 g/mol. The van der Waals surface area contributed by atoms with Gasteiger partial charge in [-0.2, -0.15) is 0 Å². The van der Waals surface area contributed by atoms with Crippen LogP contribution in [0.5, 0.6) is 5.75 Å². The fraction of sp³-hybridized carbons (Fsp3) is 0.333. The minimum absolute atomic E-state index is 0.129. The number of hydrogen-bond donors (Lipinski definition) is 1. The summed E-state index contributed by atoms with van der Waals surface area (Å²) in [6.07, 6.45) is 0.525. The number of hydrogen-bond acceptors (Lipinski definition) is 3. The Kier molecular flexibility index (Phi) is 8.26. The number of rotatable bonds is 10. The zero-order valence-corrected chi connectivity index (χ0v) is 19.1. The molecule has 5 heteroatoms. The number of ether oxygens (including phenoxy) is 1. The molecular formula is C27H32N2O3. The van der Waals surface area contributed by atoms with Crippen LogP contribution in [0, 0.1) is 5.92 Å². The number of fused-ring (bicyclic) bond motifs is 1. The monoisotopic (exact) mass is 432 g/mol. The first-order valence-electron chi connectivity index (χ1n) is 11.2. The van der Waals surface area contributed by atoms with Gasteiger partial charge in [0.05, 0.1) is 0 Å². The largest absolute Gasteiger partial charge is 0.483 e. The van der Waals surface area contributed by atoms with Gasteiger partial charge < -0.3 is 15.0 Å². The highest BCUT2D eigenvalue weighted by Crippen LogP contribution is 2.25. The standard InChI is InChI=1S/C27H32N2O3/c1-4-24(27(31)28-17-20(2)3)29(18-21-11-6-5-7-12-21)26(30)19-32-25-16-10-14-22-13-8-9-15-23(22)25/h5-16,20,24H,4,17-19H2,1-3H3,(H,28,31)/t24-/m0/s1. The molecule has 0 fully saturated rings. The van der Waals surface area contributed by atoms with Crippen LogP contribution >= 0.6 is 0 Å². The van der Waals surface area contributed by atoms with Gasteiger partial charge in [0.1, 0.15) is 11.8 Å². The molecule has 0 aliphatic carbocycles. The topological polar surface area (TPSA) is 58.6 Å². The third-order valence-corrected chi connectivity index (χ3v) is 5.37. The summed E-state index contributed by atoms with van der Waals surface area (Å²) in [6, 6.07) is 22.9. The van der Waals surface area contributed by atoms with Crippen molar-refractivity contribution in [2.45, 2.75) is 39.8 Å². The summed E-state index contributed by atoms with van der Waals surface area (Å²) < 4.78 is 5.95. The first-order valence-corrected chi connectivity index (χ1v) is 11.2. The smallest absolute Gasteiger partial charge is 0.261 e. The lowest BCUT2D eigenvalue weighted by molar-refractivity contribution is -0.143. The molecule has 3 rings (SSSR count). The zero-order chi connectivity index (χ0) is 22.9. The summed E-state index contributed by atoms with van der Waals surface area (Å²) in [7, 11) is 0. The van der Waals surface area contributed by atoms with E-state index in [9.17, 15) is 9.59 Å². The van der Waals surface area contributed by atoms with Crippen LogP contribution in [0.3, 0.4) is 0 Å². The van der Waals surface area contributed by atoms with Crippen molar-refractivity contribution >= 4 is 22.6 Å². The fourth-order valence-corrected chi connectivity index (χ4v) is 3.67. The summed E-state index contributed by atoms with van der Waals surface area (Å²) >= 11 is 0. The summed E-state index contributed by atoms with van der Waals surface area (Å²) in [5.74, 6) is 0.654. The van der Waals surface area contributed by atoms with E-state index in [-0.39, 0.29) is 18.4 Å². The first kappa shape index (κ1) is 23.3. The van der Waals surface area contributed by atoms with Gasteiger partial charge in [0.25, 0.3) is 5.91 Å². The van der Waals surface area contributed by atoms with Gasteiger partial charge in [-0.05, 0) is 29.4 Å². The summed E-state index contributed by atoms with van der Waals surface area (Å²) in [6.45, 7) is 6.82. The molecular weight excluding hydrogens is 400 g/mol. The number of nitrogens with one attached hydrogen (secondary N) is 1. The minimum atomic E-state index is -0.558. The number of carbonyl (C=O) groups is 2. The second-order valence-corrected chi connectivity index (χ2v) is 8.34. The van der Waals surface area contributed by atoms with Crippen molar-refractivity contribution in [2.24, 2.45) is 5.92 Å². The molecule has 5 nitrogen and oxygen atoms in total. The second kappa shape index (κ2) is 11.3. The second-order valence-electron chi connectivity index (χ2n) is 8.34. The Morgan fingerprint density at radius 1 is 0.938 bits per heavy atom. The lowest BCUT2D eigenvalue weighted by Crippen LogP contribution is -2.50. The quantitative estimate of drug-likeness (QED) is 0.501. The molecule has 2 amide bonds. The van der Waals surface area contributed by atoms with Gasteiger partial charge in [0.2, 0.25) is 5.91 Å². The van der Waals surface area contributed by atoms with Gasteiger partial charge in [-0.1, -0.05) is 87.5 Å². The third kappa shape index (κ3) is 6.10. The van der Waals surface area contributed by atoms with Gasteiger partial charge in [-0.3, -0.25) is 9.59 Å². The van der Waals surface area contributed by atoms with Crippen molar-refractivity contribution in [3.63, 3.8) is 0 Å². The highest BCUT2D eigenvalue weighted by atomic mass is 16.5. The molecule has 32 heavy (non-hydrogen) atoms. The Morgan fingerprint density at radius 2 is 1.62 bits per heavy atom. The molecule has 1 atom stereocenters. The Balaban J connectivity index is 1.79. The lowest BCUT2D eigenvalue weighted by atomic mass is 10.1. The first-order chi connectivity index (χ1) is 15.5. The summed E-state index contributed by atoms with van der Waals surface area (Å²) in [4.78, 5) is 27.9. The maximum atomic E-state index is 13.3. The van der Waals surface area contributed by atoms with Gasteiger partial charge in [-0.15, -0.1) is 0 Å². The predicted molar refractivity (Wildman–Crippen MR) is 128 cm³/mol. The number of carbonyl (C=O) groups excluding carboxylic acids is 2. The van der Waals surface area contributed by atoms with E-state index < -0.39 is 6.04 Å². The van der Waals surface area contributed by atoms with E-state index in [1.54, 1.807) is 4.90 Å². The van der Waals surface area contributed by atoms with E-state index in [0.717, 1.165) is 16.3 Å². The van der Waals surface area contributed by atoms with E-state index >= 15 is 0 Å². The van der Waals surface area contributed by atoms with Gasteiger partial charge in [0, 0.05) is 18.5 Å². The number of amides is 2. The summed E-state index contributed by atoms with van der Waals surface area (Å²) in [5.41, 5.74) is 0.973. The Labute approximate surface area is 190 Å². The molecule has 0 spiro atoms. The van der Waals surface area contributed by atoms with E-state index in [0.29, 0.717) is 31.2 Å². The molecule has 0 unspecified atom stereocenters. The van der Waals surface area contributed by atoms with Crippen LogP contribution in [0.4, 0.5) is 0 Å². The van der Waals surface area contributed by atoms with Crippen molar-refractivity contribution in [3.8, 4) is 5.75 Å². The number of benzene rings is 3. The minimum Gasteiger partial charge on any atom is -0.483 e. The van der Waals surface area contributed by atoms with Gasteiger partial charge in [-0.25, -0.2) is 0 Å². The van der Waals surface area contributed by atoms with Crippen LogP contribution in [-0.2, 0) is 16.1 Å². The third-order valence-electron chi connectivity index (χ3n) is 5.37. The molecule has 0 heterocycles. The molecule has 0 bridgehead atoms. The van der Waals surface area contributed by atoms with Gasteiger partial charge >= 0.3 is 0 Å². The van der Waals surface area contributed by atoms with E-state index in [1.807, 2.05) is 93.6 Å². The molecule has 0 aliphatic rings. The Hall–Kier alpha value is -3.34. The van der Waals surface area contributed by atoms with E-state index in [2.05, 4.69) is 5.32 Å². The predicted octanol–water partition coefficient (Wildman–Crippen LogP) is 4.80. The van der Waals surface area contributed by atoms with Gasteiger partial charge in [0.15, 0.2) is 6.61 Å². The highest BCUT2D eigenvalue weighted by Gasteiger charge is 2.29. The molecule has 168 valence electrons. The van der Waals surface area contributed by atoms with E-state index in [1.165, 1.54) is 0 Å². The molecule has 1 N–H and O–H groups in total.